The number of carbonyl (C=O) groups excluding carboxylic acids is 1. The zero-order valence-corrected chi connectivity index (χ0v) is 14.6. The van der Waals surface area contributed by atoms with Crippen LogP contribution in [0.2, 0.25) is 5.02 Å². The molecule has 0 saturated carbocycles. The number of ether oxygens (including phenoxy) is 1. The third-order valence-corrected chi connectivity index (χ3v) is 5.43. The topological polar surface area (TPSA) is 53.0 Å². The maximum atomic E-state index is 12.6. The molecule has 0 aliphatic carbocycles. The van der Waals surface area contributed by atoms with Crippen LogP contribution >= 0.6 is 11.6 Å². The molecular weight excluding hydrogens is 328 g/mol. The van der Waals surface area contributed by atoms with Crippen LogP contribution in [-0.4, -0.2) is 73.4 Å². The Labute approximate surface area is 148 Å². The van der Waals surface area contributed by atoms with Crippen LogP contribution in [0.4, 0.5) is 0 Å². The van der Waals surface area contributed by atoms with Crippen LogP contribution in [0.1, 0.15) is 5.56 Å². The fraction of sp³-hybridized carbons (Fsp3) is 0.611. The molecule has 2 heterocycles. The second-order valence-corrected chi connectivity index (χ2v) is 7.09. The first-order chi connectivity index (χ1) is 11.7. The van der Waals surface area contributed by atoms with Crippen molar-refractivity contribution < 1.29 is 14.6 Å². The van der Waals surface area contributed by atoms with E-state index in [-0.39, 0.29) is 18.4 Å². The van der Waals surface area contributed by atoms with Gasteiger partial charge in [0, 0.05) is 50.3 Å². The molecule has 0 spiro atoms. The zero-order chi connectivity index (χ0) is 16.9. The Kier molecular flexibility index (Phi) is 6.11. The molecular formula is C18H25ClN2O3. The standard InChI is InChI=1S/C18H25ClN2O3/c19-17-4-2-1-3-14(17)9-18(23)21-11-15(16(12-21)13-22)10-20-5-7-24-8-6-20/h1-4,15-16,22H,5-13H2/t15-,16-/m1/s1. The molecule has 1 aromatic carbocycles. The van der Waals surface area contributed by atoms with E-state index in [0.29, 0.717) is 30.5 Å². The number of aliphatic hydroxyl groups is 1. The lowest BCUT2D eigenvalue weighted by Crippen LogP contribution is -2.41. The molecule has 1 N–H and O–H groups in total. The van der Waals surface area contributed by atoms with Crippen LogP contribution in [0.25, 0.3) is 0 Å². The molecule has 5 nitrogen and oxygen atoms in total. The summed E-state index contributed by atoms with van der Waals surface area (Å²) in [5, 5.41) is 10.3. The van der Waals surface area contributed by atoms with Gasteiger partial charge in [0.25, 0.3) is 0 Å². The Morgan fingerprint density at radius 2 is 1.92 bits per heavy atom. The molecule has 24 heavy (non-hydrogen) atoms. The summed E-state index contributed by atoms with van der Waals surface area (Å²) in [5.74, 6) is 0.567. The number of morpholine rings is 1. The highest BCUT2D eigenvalue weighted by molar-refractivity contribution is 6.31. The lowest BCUT2D eigenvalue weighted by Gasteiger charge is -2.30. The molecule has 1 amide bonds. The molecule has 6 heteroatoms. The normalized spacial score (nSPS) is 25.2. The summed E-state index contributed by atoms with van der Waals surface area (Å²) in [6.07, 6.45) is 0.322. The van der Waals surface area contributed by atoms with Crippen LogP contribution in [0, 0.1) is 11.8 Å². The average Bonchev–Trinajstić information content (AvgIpc) is 3.01. The van der Waals surface area contributed by atoms with Gasteiger partial charge in [-0.3, -0.25) is 9.69 Å². The Balaban J connectivity index is 1.58. The quantitative estimate of drug-likeness (QED) is 0.867. The molecule has 2 atom stereocenters. The number of aliphatic hydroxyl groups excluding tert-OH is 1. The van der Waals surface area contributed by atoms with Gasteiger partial charge in [0.05, 0.1) is 19.6 Å². The van der Waals surface area contributed by atoms with Crippen LogP contribution in [0.5, 0.6) is 0 Å². The van der Waals surface area contributed by atoms with Gasteiger partial charge in [-0.1, -0.05) is 29.8 Å². The van der Waals surface area contributed by atoms with Gasteiger partial charge in [0.1, 0.15) is 0 Å². The summed E-state index contributed by atoms with van der Waals surface area (Å²) in [5.41, 5.74) is 0.862. The minimum atomic E-state index is 0.0889. The third kappa shape index (κ3) is 4.28. The number of hydrogen-bond acceptors (Lipinski definition) is 4. The Hall–Kier alpha value is -1.14. The summed E-state index contributed by atoms with van der Waals surface area (Å²) in [7, 11) is 0. The number of amides is 1. The SMILES string of the molecule is O=C(Cc1ccccc1Cl)N1C[C@@H](CN2CCOCC2)[C@@H](CO)C1. The smallest absolute Gasteiger partial charge is 0.227 e. The lowest BCUT2D eigenvalue weighted by atomic mass is 9.96. The minimum Gasteiger partial charge on any atom is -0.396 e. The molecule has 132 valence electrons. The van der Waals surface area contributed by atoms with Crippen molar-refractivity contribution in [3.8, 4) is 0 Å². The Bertz CT molecular complexity index is 563. The second-order valence-electron chi connectivity index (χ2n) is 6.68. The van der Waals surface area contributed by atoms with Gasteiger partial charge in [0.2, 0.25) is 5.91 Å². The van der Waals surface area contributed by atoms with E-state index in [1.165, 1.54) is 0 Å². The molecule has 0 unspecified atom stereocenters. The molecule has 2 fully saturated rings. The summed E-state index contributed by atoms with van der Waals surface area (Å²) in [6, 6.07) is 7.47. The summed E-state index contributed by atoms with van der Waals surface area (Å²) >= 11 is 6.16. The third-order valence-electron chi connectivity index (χ3n) is 5.06. The highest BCUT2D eigenvalue weighted by atomic mass is 35.5. The number of benzene rings is 1. The van der Waals surface area contributed by atoms with Crippen LogP contribution in [0.15, 0.2) is 24.3 Å². The number of rotatable bonds is 5. The average molecular weight is 353 g/mol. The monoisotopic (exact) mass is 352 g/mol. The first kappa shape index (κ1) is 17.7. The molecule has 0 radical (unpaired) electrons. The lowest BCUT2D eigenvalue weighted by molar-refractivity contribution is -0.129. The highest BCUT2D eigenvalue weighted by Crippen LogP contribution is 2.26. The van der Waals surface area contributed by atoms with E-state index < -0.39 is 0 Å². The van der Waals surface area contributed by atoms with Gasteiger partial charge in [-0.25, -0.2) is 0 Å². The Morgan fingerprint density at radius 1 is 1.21 bits per heavy atom. The van der Waals surface area contributed by atoms with E-state index >= 15 is 0 Å². The van der Waals surface area contributed by atoms with Crippen molar-refractivity contribution in [2.45, 2.75) is 6.42 Å². The van der Waals surface area contributed by atoms with E-state index in [2.05, 4.69) is 4.90 Å². The van der Waals surface area contributed by atoms with E-state index in [0.717, 1.165) is 38.4 Å². The van der Waals surface area contributed by atoms with Crippen molar-refractivity contribution in [3.05, 3.63) is 34.9 Å². The molecule has 2 aliphatic rings. The van der Waals surface area contributed by atoms with E-state index in [1.54, 1.807) is 0 Å². The van der Waals surface area contributed by atoms with Crippen molar-refractivity contribution in [3.63, 3.8) is 0 Å². The van der Waals surface area contributed by atoms with Crippen LogP contribution in [0.3, 0.4) is 0 Å². The predicted molar refractivity (Wildman–Crippen MR) is 93.1 cm³/mol. The number of carbonyl (C=O) groups is 1. The van der Waals surface area contributed by atoms with Gasteiger partial charge in [0.15, 0.2) is 0 Å². The Morgan fingerprint density at radius 3 is 2.62 bits per heavy atom. The van der Waals surface area contributed by atoms with Gasteiger partial charge in [-0.2, -0.15) is 0 Å². The van der Waals surface area contributed by atoms with Crippen LogP contribution in [-0.2, 0) is 16.0 Å². The van der Waals surface area contributed by atoms with Gasteiger partial charge in [-0.05, 0) is 17.5 Å². The predicted octanol–water partition coefficient (Wildman–Crippen LogP) is 1.28. The number of nitrogens with zero attached hydrogens (tertiary/aromatic N) is 2. The molecule has 0 aromatic heterocycles. The zero-order valence-electron chi connectivity index (χ0n) is 13.9. The number of hydrogen-bond donors (Lipinski definition) is 1. The fourth-order valence-electron chi connectivity index (χ4n) is 3.59. The van der Waals surface area contributed by atoms with Crippen molar-refractivity contribution >= 4 is 17.5 Å². The van der Waals surface area contributed by atoms with Gasteiger partial charge < -0.3 is 14.7 Å². The molecule has 1 aromatic rings. The first-order valence-electron chi connectivity index (χ1n) is 8.59. The summed E-state index contributed by atoms with van der Waals surface area (Å²) < 4.78 is 5.39. The highest BCUT2D eigenvalue weighted by Gasteiger charge is 2.35. The summed E-state index contributed by atoms with van der Waals surface area (Å²) in [6.45, 7) is 5.80. The molecule has 2 aliphatic heterocycles. The maximum absolute atomic E-state index is 12.6. The maximum Gasteiger partial charge on any atom is 0.227 e. The van der Waals surface area contributed by atoms with E-state index in [9.17, 15) is 9.90 Å². The summed E-state index contributed by atoms with van der Waals surface area (Å²) in [4.78, 5) is 16.9. The fourth-order valence-corrected chi connectivity index (χ4v) is 3.79. The second kappa shape index (κ2) is 8.30. The van der Waals surface area contributed by atoms with Crippen molar-refractivity contribution in [1.29, 1.82) is 0 Å². The molecule has 0 bridgehead atoms. The van der Waals surface area contributed by atoms with Crippen molar-refractivity contribution in [2.24, 2.45) is 11.8 Å². The molecule has 2 saturated heterocycles. The van der Waals surface area contributed by atoms with E-state index in [4.69, 9.17) is 16.3 Å². The number of halogens is 1. The first-order valence-corrected chi connectivity index (χ1v) is 8.97. The number of likely N-dealkylation sites (tertiary alicyclic amines) is 1. The van der Waals surface area contributed by atoms with Gasteiger partial charge >= 0.3 is 0 Å². The van der Waals surface area contributed by atoms with Crippen LogP contribution < -0.4 is 0 Å². The molecule has 3 rings (SSSR count). The van der Waals surface area contributed by atoms with Gasteiger partial charge in [-0.15, -0.1) is 0 Å². The minimum absolute atomic E-state index is 0.0889. The largest absolute Gasteiger partial charge is 0.396 e. The van der Waals surface area contributed by atoms with E-state index in [1.807, 2.05) is 29.2 Å². The van der Waals surface area contributed by atoms with Crippen molar-refractivity contribution in [1.82, 2.24) is 9.80 Å². The van der Waals surface area contributed by atoms with Crippen molar-refractivity contribution in [2.75, 3.05) is 52.5 Å².